The Bertz CT molecular complexity index is 828. The van der Waals surface area contributed by atoms with E-state index in [4.69, 9.17) is 0 Å². The van der Waals surface area contributed by atoms with Crippen LogP contribution in [0.2, 0.25) is 0 Å². The topological polar surface area (TPSA) is 99.9 Å². The molecule has 2 aromatic heterocycles. The molecule has 1 aliphatic heterocycles. The molecule has 0 saturated carbocycles. The number of aliphatic hydroxyl groups is 1. The normalized spacial score (nSPS) is 22.6. The molecule has 8 nitrogen and oxygen atoms in total. The van der Waals surface area contributed by atoms with Crippen LogP contribution >= 0.6 is 0 Å². The Labute approximate surface area is 154 Å². The summed E-state index contributed by atoms with van der Waals surface area (Å²) in [5.74, 6) is -0.563. The van der Waals surface area contributed by atoms with Crippen molar-refractivity contribution in [3.8, 4) is 0 Å². The lowest BCUT2D eigenvalue weighted by molar-refractivity contribution is -0.206. The third-order valence-corrected chi connectivity index (χ3v) is 4.26. The zero-order chi connectivity index (χ0) is 20.6. The number of hydrogen-bond acceptors (Lipinski definition) is 7. The molecular weight excluding hydrogens is 396 g/mol. The Morgan fingerprint density at radius 2 is 2.00 bits per heavy atom. The molecule has 28 heavy (non-hydrogen) atoms. The highest BCUT2D eigenvalue weighted by Gasteiger charge is 2.42. The van der Waals surface area contributed by atoms with Gasteiger partial charge in [-0.2, -0.15) is 31.9 Å². The zero-order valence-corrected chi connectivity index (χ0v) is 14.4. The maximum Gasteiger partial charge on any atom is 0.416 e. The van der Waals surface area contributed by atoms with Crippen molar-refractivity contribution >= 4 is 22.9 Å². The Morgan fingerprint density at radius 1 is 1.29 bits per heavy atom. The average Bonchev–Trinajstić information content (AvgIpc) is 3.20. The van der Waals surface area contributed by atoms with Gasteiger partial charge in [0.1, 0.15) is 12.5 Å². The van der Waals surface area contributed by atoms with Crippen LogP contribution in [0.1, 0.15) is 13.5 Å². The summed E-state index contributed by atoms with van der Waals surface area (Å²) in [7, 11) is 0. The first-order valence-electron chi connectivity index (χ1n) is 8.23. The molecule has 1 fully saturated rings. The van der Waals surface area contributed by atoms with Gasteiger partial charge in [0.15, 0.2) is 23.1 Å². The molecule has 14 heteroatoms. The summed E-state index contributed by atoms with van der Waals surface area (Å²) < 4.78 is 78.6. The Kier molecular flexibility index (Phi) is 5.52. The lowest BCUT2D eigenvalue weighted by Gasteiger charge is -2.23. The minimum atomic E-state index is -4.90. The van der Waals surface area contributed by atoms with E-state index in [1.807, 2.05) is 0 Å². The van der Waals surface area contributed by atoms with Gasteiger partial charge >= 0.3 is 12.7 Å². The van der Waals surface area contributed by atoms with Crippen LogP contribution in [0.5, 0.6) is 0 Å². The highest BCUT2D eigenvalue weighted by Crippen LogP contribution is 2.28. The predicted octanol–water partition coefficient (Wildman–Crippen LogP) is 1.67. The third-order valence-electron chi connectivity index (χ3n) is 4.26. The quantitative estimate of drug-likeness (QED) is 0.535. The smallest absolute Gasteiger partial charge is 0.382 e. The van der Waals surface area contributed by atoms with E-state index in [-0.39, 0.29) is 30.1 Å². The fourth-order valence-electron chi connectivity index (χ4n) is 2.75. The van der Waals surface area contributed by atoms with Crippen molar-refractivity contribution < 1.29 is 31.4 Å². The highest BCUT2D eigenvalue weighted by molar-refractivity contribution is 5.84. The largest absolute Gasteiger partial charge is 0.416 e. The van der Waals surface area contributed by atoms with Crippen LogP contribution in [-0.4, -0.2) is 68.3 Å². The Morgan fingerprint density at radius 3 is 2.57 bits per heavy atom. The molecule has 4 N–H and O–H groups in total. The maximum absolute atomic E-state index is 13.9. The monoisotopic (exact) mass is 413 g/mol. The standard InChI is InChI=1S/C14H17F6N7O/c1-5(9(28)14(18,19)20)23-13-25-10(24-7-3-21-2-6(7)15)8-11(26-13)27(4-22-8)12(16)17/h4-7,9,12,21,28H,2-3H2,1H3,(H2,23,24,25,26)/t5-,6+,7+,9+/m0/s1. The van der Waals surface area contributed by atoms with Gasteiger partial charge in [0.25, 0.3) is 0 Å². The predicted molar refractivity (Wildman–Crippen MR) is 86.9 cm³/mol. The maximum atomic E-state index is 13.9. The van der Waals surface area contributed by atoms with Crippen LogP contribution in [0, 0.1) is 0 Å². The van der Waals surface area contributed by atoms with Crippen molar-refractivity contribution in [2.75, 3.05) is 23.7 Å². The van der Waals surface area contributed by atoms with Gasteiger partial charge in [-0.05, 0) is 6.92 Å². The molecule has 0 unspecified atom stereocenters. The van der Waals surface area contributed by atoms with Crippen LogP contribution in [0.3, 0.4) is 0 Å². The van der Waals surface area contributed by atoms with Crippen LogP contribution in [0.15, 0.2) is 6.33 Å². The molecule has 0 aliphatic carbocycles. The van der Waals surface area contributed by atoms with Gasteiger partial charge in [-0.3, -0.25) is 4.57 Å². The summed E-state index contributed by atoms with van der Waals surface area (Å²) in [6.45, 7) is -1.67. The number of aromatic nitrogens is 4. The van der Waals surface area contributed by atoms with Crippen molar-refractivity contribution in [2.24, 2.45) is 0 Å². The molecule has 3 heterocycles. The van der Waals surface area contributed by atoms with E-state index in [2.05, 4.69) is 30.9 Å². The second-order valence-electron chi connectivity index (χ2n) is 6.34. The molecule has 0 amide bonds. The molecule has 0 aromatic carbocycles. The summed E-state index contributed by atoms with van der Waals surface area (Å²) in [6, 6.07) is -2.31. The number of rotatable bonds is 6. The zero-order valence-electron chi connectivity index (χ0n) is 14.4. The number of anilines is 2. The minimum absolute atomic E-state index is 0.0806. The molecule has 0 bridgehead atoms. The third kappa shape index (κ3) is 4.06. The van der Waals surface area contributed by atoms with E-state index < -0.39 is 43.0 Å². The van der Waals surface area contributed by atoms with Gasteiger partial charge in [-0.15, -0.1) is 0 Å². The Hall–Kier alpha value is -2.35. The van der Waals surface area contributed by atoms with Gasteiger partial charge in [-0.1, -0.05) is 0 Å². The molecule has 1 aliphatic rings. The number of alkyl halides is 6. The number of halogens is 6. The number of imidazole rings is 1. The number of nitrogens with zero attached hydrogens (tertiary/aromatic N) is 4. The summed E-state index contributed by atoms with van der Waals surface area (Å²) in [5.41, 5.74) is -0.445. The molecular formula is C14H17F6N7O. The van der Waals surface area contributed by atoms with Crippen molar-refractivity contribution in [3.05, 3.63) is 6.33 Å². The number of aliphatic hydroxyl groups excluding tert-OH is 1. The number of nitrogens with one attached hydrogen (secondary N) is 3. The highest BCUT2D eigenvalue weighted by atomic mass is 19.4. The van der Waals surface area contributed by atoms with Crippen LogP contribution in [0.4, 0.5) is 38.1 Å². The van der Waals surface area contributed by atoms with E-state index in [9.17, 15) is 31.4 Å². The molecule has 156 valence electrons. The van der Waals surface area contributed by atoms with Gasteiger partial charge < -0.3 is 21.1 Å². The lowest BCUT2D eigenvalue weighted by Crippen LogP contribution is -2.42. The second-order valence-corrected chi connectivity index (χ2v) is 6.34. The van der Waals surface area contributed by atoms with Crippen LogP contribution < -0.4 is 16.0 Å². The Balaban J connectivity index is 1.96. The summed E-state index contributed by atoms with van der Waals surface area (Å²) in [6.07, 6.45) is -8.13. The van der Waals surface area contributed by atoms with Crippen LogP contribution in [-0.2, 0) is 0 Å². The molecule has 2 aromatic rings. The van der Waals surface area contributed by atoms with E-state index >= 15 is 0 Å². The second kappa shape index (κ2) is 7.58. The molecule has 0 radical (unpaired) electrons. The molecule has 3 rings (SSSR count). The van der Waals surface area contributed by atoms with Gasteiger partial charge in [-0.25, -0.2) is 9.37 Å². The summed E-state index contributed by atoms with van der Waals surface area (Å²) in [4.78, 5) is 11.5. The first-order chi connectivity index (χ1) is 13.1. The minimum Gasteiger partial charge on any atom is -0.382 e. The molecule has 0 spiro atoms. The SMILES string of the molecule is C[C@H](Nc1nc(N[C@@H]2CNC[C@H]2F)c2ncn(C(F)F)c2n1)[C@@H](O)C(F)(F)F. The van der Waals surface area contributed by atoms with Gasteiger partial charge in [0.2, 0.25) is 5.95 Å². The average molecular weight is 413 g/mol. The van der Waals surface area contributed by atoms with E-state index in [0.29, 0.717) is 4.57 Å². The van der Waals surface area contributed by atoms with Gasteiger partial charge in [0, 0.05) is 13.1 Å². The van der Waals surface area contributed by atoms with Crippen molar-refractivity contribution in [1.82, 2.24) is 24.8 Å². The first-order valence-corrected chi connectivity index (χ1v) is 8.23. The van der Waals surface area contributed by atoms with E-state index in [1.165, 1.54) is 0 Å². The summed E-state index contributed by atoms with van der Waals surface area (Å²) in [5, 5.41) is 17.1. The number of fused-ring (bicyclic) bond motifs is 1. The number of hydrogen-bond donors (Lipinski definition) is 4. The van der Waals surface area contributed by atoms with Gasteiger partial charge in [0.05, 0.1) is 12.1 Å². The van der Waals surface area contributed by atoms with E-state index in [1.54, 1.807) is 0 Å². The molecule has 4 atom stereocenters. The van der Waals surface area contributed by atoms with Crippen molar-refractivity contribution in [3.63, 3.8) is 0 Å². The lowest BCUT2D eigenvalue weighted by atomic mass is 10.2. The fourth-order valence-corrected chi connectivity index (χ4v) is 2.75. The van der Waals surface area contributed by atoms with Crippen LogP contribution in [0.25, 0.3) is 11.2 Å². The summed E-state index contributed by atoms with van der Waals surface area (Å²) >= 11 is 0. The fraction of sp³-hybridized carbons (Fsp3) is 0.643. The van der Waals surface area contributed by atoms with Crippen molar-refractivity contribution in [2.45, 2.75) is 44.0 Å². The van der Waals surface area contributed by atoms with E-state index in [0.717, 1.165) is 13.3 Å². The van der Waals surface area contributed by atoms with Crippen molar-refractivity contribution in [1.29, 1.82) is 0 Å². The first kappa shape index (κ1) is 20.4. The molecule has 1 saturated heterocycles.